The van der Waals surface area contributed by atoms with Crippen LogP contribution in [0, 0.1) is 0 Å². The molecule has 0 aliphatic rings. The second-order valence-corrected chi connectivity index (χ2v) is 4.90. The van der Waals surface area contributed by atoms with Crippen LogP contribution in [0.2, 0.25) is 0 Å². The van der Waals surface area contributed by atoms with E-state index in [4.69, 9.17) is 21.7 Å². The fourth-order valence-electron chi connectivity index (χ4n) is 1.90. The standard InChI is InChI=1S/C17H20N2O2S.H2Te/c1-3-20-15-9-5-13(6-10-15)18-17(22)19-14-7-11-16(12-8-14)21-4-2;/h5-12H,3-4H2,1-2H3,(H2,18,19,22);1H2. The molecule has 2 rings (SSSR count). The molecule has 0 aliphatic carbocycles. The van der Waals surface area contributed by atoms with Crippen molar-refractivity contribution in [3.05, 3.63) is 48.5 Å². The van der Waals surface area contributed by atoms with Gasteiger partial charge in [-0.15, -0.1) is 0 Å². The van der Waals surface area contributed by atoms with Crippen LogP contribution in [-0.2, 0) is 0 Å². The van der Waals surface area contributed by atoms with Crippen molar-refractivity contribution in [2.24, 2.45) is 0 Å². The first-order valence-corrected chi connectivity index (χ1v) is 7.65. The minimum absolute atomic E-state index is 0. The molecule has 2 aromatic carbocycles. The van der Waals surface area contributed by atoms with E-state index in [0.29, 0.717) is 18.3 Å². The van der Waals surface area contributed by atoms with Gasteiger partial charge in [0.25, 0.3) is 0 Å². The number of hydrogen-bond acceptors (Lipinski definition) is 3. The molecule has 2 aromatic rings. The summed E-state index contributed by atoms with van der Waals surface area (Å²) in [5.74, 6) is 1.69. The zero-order valence-electron chi connectivity index (χ0n) is 13.3. The molecule has 4 nitrogen and oxygen atoms in total. The van der Waals surface area contributed by atoms with Gasteiger partial charge in [-0.2, -0.15) is 0 Å². The average Bonchev–Trinajstić information content (AvgIpc) is 2.52. The third-order valence-corrected chi connectivity index (χ3v) is 3.05. The van der Waals surface area contributed by atoms with Gasteiger partial charge in [-0.05, 0) is 74.6 Å². The molecule has 2 N–H and O–H groups in total. The topological polar surface area (TPSA) is 42.5 Å². The third kappa shape index (κ3) is 6.65. The van der Waals surface area contributed by atoms with E-state index in [2.05, 4.69) is 10.6 Å². The van der Waals surface area contributed by atoms with E-state index >= 15 is 0 Å². The van der Waals surface area contributed by atoms with E-state index in [1.165, 1.54) is 0 Å². The molecule has 0 heterocycles. The Morgan fingerprint density at radius 1 is 0.783 bits per heavy atom. The summed E-state index contributed by atoms with van der Waals surface area (Å²) >= 11 is 5.30. The van der Waals surface area contributed by atoms with Gasteiger partial charge >= 0.3 is 23.7 Å². The van der Waals surface area contributed by atoms with Crippen molar-refractivity contribution in [1.29, 1.82) is 0 Å². The van der Waals surface area contributed by atoms with Crippen LogP contribution in [0.4, 0.5) is 11.4 Å². The van der Waals surface area contributed by atoms with Crippen LogP contribution in [0.1, 0.15) is 13.8 Å². The number of hydrogen-bond donors (Lipinski definition) is 2. The van der Waals surface area contributed by atoms with E-state index in [0.717, 1.165) is 22.9 Å². The predicted molar refractivity (Wildman–Crippen MR) is 104 cm³/mol. The molecule has 0 fully saturated rings. The van der Waals surface area contributed by atoms with Crippen molar-refractivity contribution in [3.8, 4) is 11.5 Å². The van der Waals surface area contributed by atoms with Crippen molar-refractivity contribution < 1.29 is 9.47 Å². The van der Waals surface area contributed by atoms with E-state index in [9.17, 15) is 0 Å². The first-order valence-electron chi connectivity index (χ1n) is 7.25. The van der Waals surface area contributed by atoms with E-state index in [-0.39, 0.29) is 23.7 Å². The fourth-order valence-corrected chi connectivity index (χ4v) is 2.13. The van der Waals surface area contributed by atoms with Gasteiger partial charge in [-0.1, -0.05) is 0 Å². The Morgan fingerprint density at radius 3 is 1.43 bits per heavy atom. The third-order valence-electron chi connectivity index (χ3n) is 2.85. The summed E-state index contributed by atoms with van der Waals surface area (Å²) in [5.41, 5.74) is 1.82. The molecule has 0 atom stereocenters. The molecule has 0 unspecified atom stereocenters. The Morgan fingerprint density at radius 2 is 1.13 bits per heavy atom. The molecule has 0 saturated heterocycles. The summed E-state index contributed by atoms with van der Waals surface area (Å²) in [4.78, 5) is 0. The summed E-state index contributed by atoms with van der Waals surface area (Å²) in [7, 11) is 0. The summed E-state index contributed by atoms with van der Waals surface area (Å²) < 4.78 is 10.8. The van der Waals surface area contributed by atoms with Gasteiger partial charge in [0.05, 0.1) is 13.2 Å². The number of thiocarbonyl (C=S) groups is 1. The second kappa shape index (κ2) is 10.3. The number of anilines is 2. The van der Waals surface area contributed by atoms with Crippen molar-refractivity contribution in [3.63, 3.8) is 0 Å². The Balaban J connectivity index is 0.00000264. The zero-order chi connectivity index (χ0) is 15.8. The Bertz CT molecular complexity index is 549. The number of benzene rings is 2. The molecule has 0 spiro atoms. The first kappa shape index (κ1) is 19.6. The summed E-state index contributed by atoms with van der Waals surface area (Å²) in [6.07, 6.45) is 0. The van der Waals surface area contributed by atoms with Gasteiger partial charge in [0.2, 0.25) is 0 Å². The monoisotopic (exact) mass is 448 g/mol. The van der Waals surface area contributed by atoms with Crippen LogP contribution >= 0.6 is 12.2 Å². The number of rotatable bonds is 6. The molecule has 23 heavy (non-hydrogen) atoms. The Hall–Kier alpha value is -1.48. The maximum absolute atomic E-state index is 5.40. The van der Waals surface area contributed by atoms with E-state index in [1.54, 1.807) is 0 Å². The van der Waals surface area contributed by atoms with Crippen molar-refractivity contribution in [2.75, 3.05) is 23.8 Å². The molecule has 0 aliphatic heterocycles. The normalized spacial score (nSPS) is 9.48. The van der Waals surface area contributed by atoms with Gasteiger partial charge < -0.3 is 20.1 Å². The molecule has 0 aromatic heterocycles. The van der Waals surface area contributed by atoms with E-state index in [1.807, 2.05) is 62.4 Å². The Labute approximate surface area is 159 Å². The van der Waals surface area contributed by atoms with Crippen LogP contribution in [-0.4, -0.2) is 42.0 Å². The van der Waals surface area contributed by atoms with Gasteiger partial charge in [-0.25, -0.2) is 0 Å². The molecule has 6 heteroatoms. The van der Waals surface area contributed by atoms with Gasteiger partial charge in [0.1, 0.15) is 11.5 Å². The zero-order valence-corrected chi connectivity index (χ0v) is 16.9. The van der Waals surface area contributed by atoms with Crippen LogP contribution in [0.25, 0.3) is 0 Å². The summed E-state index contributed by atoms with van der Waals surface area (Å²) in [5, 5.41) is 6.80. The van der Waals surface area contributed by atoms with Crippen molar-refractivity contribution >= 4 is 52.4 Å². The van der Waals surface area contributed by atoms with Gasteiger partial charge in [0, 0.05) is 11.4 Å². The maximum atomic E-state index is 5.40. The molecule has 124 valence electrons. The first-order chi connectivity index (χ1) is 10.7. The van der Waals surface area contributed by atoms with Crippen LogP contribution < -0.4 is 20.1 Å². The van der Waals surface area contributed by atoms with Crippen LogP contribution in [0.3, 0.4) is 0 Å². The molecular formula is C17H22N2O2STe. The van der Waals surface area contributed by atoms with E-state index < -0.39 is 0 Å². The number of nitrogens with one attached hydrogen (secondary N) is 2. The minimum atomic E-state index is 0. The SMILES string of the molecule is CCOc1ccc(NC(=S)Nc2ccc(OCC)cc2)cc1.[TeH2]. The van der Waals surface area contributed by atoms with Crippen LogP contribution in [0.5, 0.6) is 11.5 Å². The molecular weight excluding hydrogens is 424 g/mol. The molecule has 0 radical (unpaired) electrons. The molecule has 0 saturated carbocycles. The van der Waals surface area contributed by atoms with Crippen molar-refractivity contribution in [1.82, 2.24) is 0 Å². The molecule has 0 bridgehead atoms. The summed E-state index contributed by atoms with van der Waals surface area (Å²) in [6.45, 7) is 5.24. The van der Waals surface area contributed by atoms with Gasteiger partial charge in [0.15, 0.2) is 5.11 Å². The second-order valence-electron chi connectivity index (χ2n) is 4.49. The predicted octanol–water partition coefficient (Wildman–Crippen LogP) is 3.38. The summed E-state index contributed by atoms with van der Waals surface area (Å²) in [6, 6.07) is 15.3. The van der Waals surface area contributed by atoms with Crippen molar-refractivity contribution in [2.45, 2.75) is 13.8 Å². The number of ether oxygens (including phenoxy) is 2. The van der Waals surface area contributed by atoms with Gasteiger partial charge in [-0.3, -0.25) is 0 Å². The van der Waals surface area contributed by atoms with Crippen LogP contribution in [0.15, 0.2) is 48.5 Å². The Kier molecular flexibility index (Phi) is 8.78. The quantitative estimate of drug-likeness (QED) is 0.527. The molecule has 0 amide bonds. The fraction of sp³-hybridized carbons (Fsp3) is 0.235. The average molecular weight is 446 g/mol.